The molecule has 2 aromatic carbocycles. The summed E-state index contributed by atoms with van der Waals surface area (Å²) in [5, 5.41) is 9.74. The average Bonchev–Trinajstić information content (AvgIpc) is 3.64. The molecule has 1 fully saturated rings. The predicted molar refractivity (Wildman–Crippen MR) is 159 cm³/mol. The first-order valence-electron chi connectivity index (χ1n) is 14.2. The van der Waals surface area contributed by atoms with Crippen LogP contribution in [-0.4, -0.2) is 45.9 Å². The van der Waals surface area contributed by atoms with Gasteiger partial charge in [-0.1, -0.05) is 57.0 Å². The van der Waals surface area contributed by atoms with Crippen molar-refractivity contribution >= 4 is 36.6 Å². The van der Waals surface area contributed by atoms with Crippen LogP contribution >= 0.6 is 8.53 Å². The number of hydrogen-bond acceptors (Lipinski definition) is 9. The molecule has 4 atom stereocenters. The molecule has 0 radical (unpaired) electrons. The molecule has 0 spiro atoms. The van der Waals surface area contributed by atoms with Crippen LogP contribution in [0.1, 0.15) is 58.3 Å². The fourth-order valence-corrected chi connectivity index (χ4v) is 6.09. The van der Waals surface area contributed by atoms with Gasteiger partial charge in [0.1, 0.15) is 29.7 Å². The van der Waals surface area contributed by atoms with E-state index in [1.807, 2.05) is 48.5 Å². The highest BCUT2D eigenvalue weighted by Crippen LogP contribution is 2.40. The summed E-state index contributed by atoms with van der Waals surface area (Å²) >= 11 is 0. The van der Waals surface area contributed by atoms with Crippen LogP contribution in [0.4, 0.5) is 5.82 Å². The molecule has 4 aromatic rings. The van der Waals surface area contributed by atoms with Gasteiger partial charge < -0.3 is 24.3 Å². The lowest BCUT2D eigenvalue weighted by Gasteiger charge is -2.24. The Kier molecular flexibility index (Phi) is 9.67. The van der Waals surface area contributed by atoms with Crippen molar-refractivity contribution in [3.8, 4) is 5.75 Å². The minimum Gasteiger partial charge on any atom is -0.464 e. The van der Waals surface area contributed by atoms with Gasteiger partial charge in [0.15, 0.2) is 5.82 Å². The molecular weight excluding hydrogens is 541 g/mol. The van der Waals surface area contributed by atoms with Crippen molar-refractivity contribution in [3.05, 3.63) is 66.6 Å². The van der Waals surface area contributed by atoms with Gasteiger partial charge in [0, 0.05) is 0 Å². The summed E-state index contributed by atoms with van der Waals surface area (Å²) in [4.78, 5) is 16.8. The van der Waals surface area contributed by atoms with E-state index in [0.717, 1.165) is 47.7 Å². The third-order valence-electron chi connectivity index (χ3n) is 7.50. The van der Waals surface area contributed by atoms with E-state index in [0.29, 0.717) is 30.7 Å². The minimum atomic E-state index is -1.68. The predicted octanol–water partition coefficient (Wildman–Crippen LogP) is 5.96. The Balaban J connectivity index is 1.24. The van der Waals surface area contributed by atoms with E-state index >= 15 is 0 Å². The lowest BCUT2D eigenvalue weighted by Crippen LogP contribution is -2.34. The number of hydrogen-bond donors (Lipinski definition) is 2. The number of esters is 1. The van der Waals surface area contributed by atoms with Gasteiger partial charge in [-0.25, -0.2) is 14.6 Å². The number of aromatic nitrogens is 3. The van der Waals surface area contributed by atoms with E-state index in [2.05, 4.69) is 35.1 Å². The van der Waals surface area contributed by atoms with Crippen molar-refractivity contribution in [2.24, 2.45) is 5.92 Å². The zero-order valence-electron chi connectivity index (χ0n) is 23.7. The number of nitrogens with one attached hydrogen (secondary N) is 1. The third-order valence-corrected chi connectivity index (χ3v) is 8.86. The Bertz CT molecular complexity index is 1460. The summed E-state index contributed by atoms with van der Waals surface area (Å²) in [6.45, 7) is 6.69. The number of nitrogens with zero attached hydrogens (tertiary/aromatic N) is 3. The van der Waals surface area contributed by atoms with E-state index in [1.54, 1.807) is 11.4 Å². The van der Waals surface area contributed by atoms with E-state index in [1.165, 1.54) is 6.33 Å². The second-order valence-electron chi connectivity index (χ2n) is 10.3. The van der Waals surface area contributed by atoms with Crippen molar-refractivity contribution < 1.29 is 23.3 Å². The molecule has 0 bridgehead atoms. The molecule has 41 heavy (non-hydrogen) atoms. The molecule has 11 heteroatoms. The molecule has 5 rings (SSSR count). The number of anilines is 1. The van der Waals surface area contributed by atoms with Gasteiger partial charge in [-0.2, -0.15) is 5.10 Å². The maximum Gasteiger partial charge on any atom is 0.323 e. The van der Waals surface area contributed by atoms with Gasteiger partial charge in [-0.05, 0) is 60.7 Å². The van der Waals surface area contributed by atoms with Crippen LogP contribution in [0.15, 0.2) is 60.9 Å². The van der Waals surface area contributed by atoms with Gasteiger partial charge in [0.2, 0.25) is 0 Å². The minimum absolute atomic E-state index is 0.139. The number of rotatable bonds is 13. The van der Waals surface area contributed by atoms with Gasteiger partial charge in [-0.15, -0.1) is 0 Å². The van der Waals surface area contributed by atoms with Crippen molar-refractivity contribution in [1.82, 2.24) is 19.7 Å². The summed E-state index contributed by atoms with van der Waals surface area (Å²) in [7, 11) is -1.68. The summed E-state index contributed by atoms with van der Waals surface area (Å²) in [5.74, 6) is 1.11. The summed E-state index contributed by atoms with van der Waals surface area (Å²) in [5.41, 5.74) is 7.68. The fourth-order valence-electron chi connectivity index (χ4n) is 4.88. The maximum atomic E-state index is 12.8. The Hall–Kier alpha value is -3.30. The molecule has 3 heterocycles. The smallest absolute Gasteiger partial charge is 0.323 e. The van der Waals surface area contributed by atoms with Crippen molar-refractivity contribution in [1.29, 1.82) is 0 Å². The van der Waals surface area contributed by atoms with Crippen LogP contribution in [-0.2, 0) is 18.8 Å². The summed E-state index contributed by atoms with van der Waals surface area (Å²) < 4.78 is 26.2. The lowest BCUT2D eigenvalue weighted by molar-refractivity contribution is -0.146. The zero-order chi connectivity index (χ0) is 28.8. The van der Waals surface area contributed by atoms with E-state index in [9.17, 15) is 4.79 Å². The number of benzene rings is 2. The van der Waals surface area contributed by atoms with Crippen molar-refractivity contribution in [2.75, 3.05) is 18.9 Å². The number of ether oxygens (including phenoxy) is 2. The molecule has 3 N–H and O–H groups in total. The average molecular weight is 580 g/mol. The summed E-state index contributed by atoms with van der Waals surface area (Å²) in [6, 6.07) is 17.2. The fraction of sp³-hybridized carbons (Fsp3) is 0.433. The topological polar surface area (TPSA) is 122 Å². The molecule has 3 unspecified atom stereocenters. The molecule has 10 nitrogen and oxygen atoms in total. The summed E-state index contributed by atoms with van der Waals surface area (Å²) in [6.07, 6.45) is 4.72. The van der Waals surface area contributed by atoms with Gasteiger partial charge in [0.25, 0.3) is 0 Å². The van der Waals surface area contributed by atoms with Crippen LogP contribution in [0.25, 0.3) is 16.3 Å². The first-order valence-corrected chi connectivity index (χ1v) is 15.4. The van der Waals surface area contributed by atoms with Crippen LogP contribution in [0.2, 0.25) is 0 Å². The second kappa shape index (κ2) is 13.6. The van der Waals surface area contributed by atoms with E-state index in [-0.39, 0.29) is 18.2 Å². The van der Waals surface area contributed by atoms with Crippen LogP contribution < -0.4 is 15.3 Å². The second-order valence-corrected chi connectivity index (χ2v) is 11.6. The monoisotopic (exact) mass is 579 g/mol. The van der Waals surface area contributed by atoms with E-state index < -0.39 is 14.6 Å². The van der Waals surface area contributed by atoms with Crippen LogP contribution in [0, 0.1) is 5.92 Å². The maximum absolute atomic E-state index is 12.8. The first-order chi connectivity index (χ1) is 19.9. The van der Waals surface area contributed by atoms with Gasteiger partial charge in [0.05, 0.1) is 25.0 Å². The molecule has 0 aliphatic carbocycles. The molecule has 1 saturated heterocycles. The number of nitrogen functional groups attached to an aromatic ring is 1. The Morgan fingerprint density at radius 3 is 2.76 bits per heavy atom. The normalized spacial score (nSPS) is 18.6. The Morgan fingerprint density at radius 2 is 1.95 bits per heavy atom. The van der Waals surface area contributed by atoms with Crippen LogP contribution in [0.3, 0.4) is 0 Å². The number of carbonyl (C=O) groups is 1. The number of carbonyl (C=O) groups excluding carboxylic acids is 1. The molecule has 0 saturated carbocycles. The SMILES string of the molecule is CCC(CC)COC(=O)[C@H](C)NP(OCC1CCC(c2ccc3c(N)ncnn23)O1)Oc1ccc2ccccc2c1. The Labute approximate surface area is 241 Å². The molecule has 1 aliphatic heterocycles. The Morgan fingerprint density at radius 1 is 1.15 bits per heavy atom. The van der Waals surface area contributed by atoms with E-state index in [4.69, 9.17) is 24.3 Å². The largest absolute Gasteiger partial charge is 0.464 e. The third kappa shape index (κ3) is 7.13. The van der Waals surface area contributed by atoms with Crippen LogP contribution in [0.5, 0.6) is 5.75 Å². The molecule has 2 aromatic heterocycles. The standard InChI is InChI=1S/C30H38N5O5P/c1-4-21(5-2)17-37-30(36)20(3)34-41(40-24-11-10-22-8-6-7-9-23(22)16-24)38-18-25-12-15-28(39-25)26-13-14-27-29(31)32-19-33-35(26)27/h6-11,13-14,16,19-21,25,28,34H,4-5,12,15,17-18H2,1-3H3,(H2,31,32,33)/t20-,25?,28?,41?/m0/s1. The van der Waals surface area contributed by atoms with Gasteiger partial charge >= 0.3 is 14.5 Å². The zero-order valence-corrected chi connectivity index (χ0v) is 24.6. The van der Waals surface area contributed by atoms with Crippen molar-refractivity contribution in [3.63, 3.8) is 0 Å². The van der Waals surface area contributed by atoms with Gasteiger partial charge in [-0.3, -0.25) is 4.79 Å². The molecule has 218 valence electrons. The van der Waals surface area contributed by atoms with Crippen molar-refractivity contribution in [2.45, 2.75) is 64.7 Å². The first kappa shape index (κ1) is 29.2. The molecule has 1 aliphatic rings. The highest BCUT2D eigenvalue weighted by Gasteiger charge is 2.31. The lowest BCUT2D eigenvalue weighted by atomic mass is 10.1. The molecular formula is C30H38N5O5P. The number of fused-ring (bicyclic) bond motifs is 2. The number of nitrogens with two attached hydrogens (primary N) is 1. The molecule has 0 amide bonds. The highest BCUT2D eigenvalue weighted by molar-refractivity contribution is 7.45. The quantitative estimate of drug-likeness (QED) is 0.146. The highest BCUT2D eigenvalue weighted by atomic mass is 31.2.